The minimum Gasteiger partial charge on any atom is -0.371 e. The number of hydrogen-bond acceptors (Lipinski definition) is 2. The van der Waals surface area contributed by atoms with Crippen LogP contribution in [0.3, 0.4) is 0 Å². The Labute approximate surface area is 91.1 Å². The van der Waals surface area contributed by atoms with Crippen molar-refractivity contribution in [3.63, 3.8) is 0 Å². The summed E-state index contributed by atoms with van der Waals surface area (Å²) in [5, 5.41) is 8.80. The Bertz CT molecular complexity index is 403. The summed E-state index contributed by atoms with van der Waals surface area (Å²) in [6, 6.07) is 8.13. The molecule has 0 spiro atoms. The number of hydrogen-bond donors (Lipinski definition) is 0. The Hall–Kier alpha value is -1.49. The van der Waals surface area contributed by atoms with Crippen LogP contribution in [0.5, 0.6) is 0 Å². The normalized spacial score (nSPS) is 20.3. The summed E-state index contributed by atoms with van der Waals surface area (Å²) in [5.41, 5.74) is 3.25. The molecule has 0 N–H and O–H groups in total. The molecule has 1 fully saturated rings. The van der Waals surface area contributed by atoms with Gasteiger partial charge >= 0.3 is 0 Å². The molecule has 0 amide bonds. The third-order valence-electron chi connectivity index (χ3n) is 3.09. The van der Waals surface area contributed by atoms with E-state index in [-0.39, 0.29) is 0 Å². The van der Waals surface area contributed by atoms with Gasteiger partial charge < -0.3 is 4.90 Å². The Kier molecular flexibility index (Phi) is 2.64. The van der Waals surface area contributed by atoms with Crippen LogP contribution in [0, 0.1) is 24.2 Å². The molecule has 2 heteroatoms. The smallest absolute Gasteiger partial charge is 0.0991 e. The minimum absolute atomic E-state index is 0.753. The molecule has 0 saturated carbocycles. The first-order valence-corrected chi connectivity index (χ1v) is 5.46. The van der Waals surface area contributed by atoms with E-state index in [1.165, 1.54) is 17.7 Å². The third kappa shape index (κ3) is 1.97. The lowest BCUT2D eigenvalue weighted by molar-refractivity contribution is 0.659. The minimum atomic E-state index is 0.753. The molecule has 2 rings (SSSR count). The molecule has 15 heavy (non-hydrogen) atoms. The predicted molar refractivity (Wildman–Crippen MR) is 61.9 cm³/mol. The second-order valence-corrected chi connectivity index (χ2v) is 4.45. The highest BCUT2D eigenvalue weighted by Gasteiger charge is 2.19. The second kappa shape index (κ2) is 3.94. The summed E-state index contributed by atoms with van der Waals surface area (Å²) in [6.45, 7) is 6.67. The van der Waals surface area contributed by atoms with Crippen LogP contribution in [0.4, 0.5) is 5.69 Å². The highest BCUT2D eigenvalue weighted by molar-refractivity contribution is 5.56. The van der Waals surface area contributed by atoms with E-state index in [1.54, 1.807) is 0 Å². The molecule has 2 nitrogen and oxygen atoms in total. The summed E-state index contributed by atoms with van der Waals surface area (Å²) in [4.78, 5) is 2.42. The summed E-state index contributed by atoms with van der Waals surface area (Å²) in [5.74, 6) is 0.792. The van der Waals surface area contributed by atoms with Crippen molar-refractivity contribution in [2.24, 2.45) is 5.92 Å². The highest BCUT2D eigenvalue weighted by atomic mass is 15.1. The van der Waals surface area contributed by atoms with Crippen LogP contribution in [0.2, 0.25) is 0 Å². The topological polar surface area (TPSA) is 27.0 Å². The van der Waals surface area contributed by atoms with Crippen LogP contribution >= 0.6 is 0 Å². The maximum absolute atomic E-state index is 8.80. The fraction of sp³-hybridized carbons (Fsp3) is 0.462. The predicted octanol–water partition coefficient (Wildman–Crippen LogP) is 2.71. The van der Waals surface area contributed by atoms with Crippen LogP contribution in [-0.2, 0) is 0 Å². The summed E-state index contributed by atoms with van der Waals surface area (Å²) in [7, 11) is 0. The largest absolute Gasteiger partial charge is 0.371 e. The van der Waals surface area contributed by atoms with E-state index < -0.39 is 0 Å². The molecule has 1 heterocycles. The molecule has 1 aromatic rings. The Morgan fingerprint density at radius 3 is 2.80 bits per heavy atom. The second-order valence-electron chi connectivity index (χ2n) is 4.45. The van der Waals surface area contributed by atoms with Crippen LogP contribution in [0.25, 0.3) is 0 Å². The van der Waals surface area contributed by atoms with Crippen molar-refractivity contribution in [1.29, 1.82) is 5.26 Å². The molecule has 1 saturated heterocycles. The fourth-order valence-electron chi connectivity index (χ4n) is 2.23. The van der Waals surface area contributed by atoms with E-state index in [1.807, 2.05) is 12.1 Å². The maximum Gasteiger partial charge on any atom is 0.0991 e. The van der Waals surface area contributed by atoms with Crippen LogP contribution in [0.15, 0.2) is 18.2 Å². The van der Waals surface area contributed by atoms with Crippen molar-refractivity contribution in [2.45, 2.75) is 20.3 Å². The fourth-order valence-corrected chi connectivity index (χ4v) is 2.23. The molecule has 0 radical (unpaired) electrons. The van der Waals surface area contributed by atoms with Gasteiger partial charge in [-0.15, -0.1) is 0 Å². The third-order valence-corrected chi connectivity index (χ3v) is 3.09. The number of anilines is 1. The summed E-state index contributed by atoms with van der Waals surface area (Å²) >= 11 is 0. The average Bonchev–Trinajstić information content (AvgIpc) is 2.64. The molecular weight excluding hydrogens is 184 g/mol. The first kappa shape index (κ1) is 10.0. The van der Waals surface area contributed by atoms with Gasteiger partial charge in [0.25, 0.3) is 0 Å². The Balaban J connectivity index is 2.26. The monoisotopic (exact) mass is 200 g/mol. The van der Waals surface area contributed by atoms with Gasteiger partial charge in [-0.3, -0.25) is 0 Å². The molecule has 0 aromatic heterocycles. The van der Waals surface area contributed by atoms with Crippen LogP contribution < -0.4 is 4.90 Å². The van der Waals surface area contributed by atoms with Gasteiger partial charge in [-0.05, 0) is 43.0 Å². The number of aryl methyl sites for hydroxylation is 1. The summed E-state index contributed by atoms with van der Waals surface area (Å²) in [6.07, 6.45) is 1.28. The summed E-state index contributed by atoms with van der Waals surface area (Å²) < 4.78 is 0. The highest BCUT2D eigenvalue weighted by Crippen LogP contribution is 2.26. The number of nitriles is 1. The van der Waals surface area contributed by atoms with Crippen molar-refractivity contribution >= 4 is 5.69 Å². The van der Waals surface area contributed by atoms with E-state index in [2.05, 4.69) is 30.9 Å². The maximum atomic E-state index is 8.80. The molecule has 1 aromatic carbocycles. The van der Waals surface area contributed by atoms with Crippen LogP contribution in [0.1, 0.15) is 24.5 Å². The molecule has 1 aliphatic rings. The zero-order valence-corrected chi connectivity index (χ0v) is 9.33. The van der Waals surface area contributed by atoms with E-state index in [0.717, 1.165) is 24.6 Å². The first-order chi connectivity index (χ1) is 7.20. The molecule has 0 unspecified atom stereocenters. The first-order valence-electron chi connectivity index (χ1n) is 5.46. The van der Waals surface area contributed by atoms with Gasteiger partial charge in [-0.25, -0.2) is 0 Å². The van der Waals surface area contributed by atoms with Crippen molar-refractivity contribution in [3.05, 3.63) is 29.3 Å². The zero-order valence-electron chi connectivity index (χ0n) is 9.33. The van der Waals surface area contributed by atoms with Gasteiger partial charge in [0.1, 0.15) is 0 Å². The van der Waals surface area contributed by atoms with Crippen molar-refractivity contribution in [2.75, 3.05) is 18.0 Å². The van der Waals surface area contributed by atoms with E-state index in [9.17, 15) is 0 Å². The molecule has 1 atom stereocenters. The Morgan fingerprint density at radius 2 is 2.27 bits per heavy atom. The molecule has 0 bridgehead atoms. The van der Waals surface area contributed by atoms with Gasteiger partial charge in [-0.1, -0.05) is 6.92 Å². The van der Waals surface area contributed by atoms with Gasteiger partial charge in [0, 0.05) is 18.8 Å². The lowest BCUT2D eigenvalue weighted by Crippen LogP contribution is -2.19. The Morgan fingerprint density at radius 1 is 1.47 bits per heavy atom. The van der Waals surface area contributed by atoms with Gasteiger partial charge in [0.05, 0.1) is 11.6 Å². The molecule has 0 aliphatic carbocycles. The quantitative estimate of drug-likeness (QED) is 0.697. The van der Waals surface area contributed by atoms with Gasteiger partial charge in [0.15, 0.2) is 0 Å². The van der Waals surface area contributed by atoms with Gasteiger partial charge in [0.2, 0.25) is 0 Å². The van der Waals surface area contributed by atoms with Crippen molar-refractivity contribution in [1.82, 2.24) is 0 Å². The van der Waals surface area contributed by atoms with E-state index >= 15 is 0 Å². The number of benzene rings is 1. The standard InChI is InChI=1S/C13H16N2/c1-10-5-6-15(9-10)13-4-3-12(8-14)7-11(13)2/h3-4,7,10H,5-6,9H2,1-2H3/t10-/m1/s1. The lowest BCUT2D eigenvalue weighted by atomic mass is 10.1. The molecule has 78 valence electrons. The number of nitrogens with zero attached hydrogens (tertiary/aromatic N) is 2. The molecule has 1 aliphatic heterocycles. The van der Waals surface area contributed by atoms with Crippen molar-refractivity contribution < 1.29 is 0 Å². The van der Waals surface area contributed by atoms with E-state index in [4.69, 9.17) is 5.26 Å². The lowest BCUT2D eigenvalue weighted by Gasteiger charge is -2.20. The van der Waals surface area contributed by atoms with Gasteiger partial charge in [-0.2, -0.15) is 5.26 Å². The van der Waals surface area contributed by atoms with Crippen LogP contribution in [-0.4, -0.2) is 13.1 Å². The van der Waals surface area contributed by atoms with Crippen molar-refractivity contribution in [3.8, 4) is 6.07 Å². The molecular formula is C13H16N2. The zero-order chi connectivity index (χ0) is 10.8. The van der Waals surface area contributed by atoms with E-state index in [0.29, 0.717) is 0 Å². The SMILES string of the molecule is Cc1cc(C#N)ccc1N1CC[C@@H](C)C1. The number of rotatable bonds is 1. The average molecular weight is 200 g/mol.